The Kier molecular flexibility index (Phi) is 4.27. The number of carbonyl (C=O) groups excluding carboxylic acids is 1. The maximum Gasteiger partial charge on any atom is 0.279 e. The number of carbonyl (C=O) groups is 1. The predicted molar refractivity (Wildman–Crippen MR) is 88.9 cm³/mol. The van der Waals surface area contributed by atoms with E-state index in [2.05, 4.69) is 15.3 Å². The predicted octanol–water partition coefficient (Wildman–Crippen LogP) is 4.18. The number of halogens is 2. The minimum atomic E-state index is -0.868. The van der Waals surface area contributed by atoms with Crippen LogP contribution in [0.2, 0.25) is 10.0 Å². The maximum atomic E-state index is 12.3. The highest BCUT2D eigenvalue weighted by Gasteiger charge is 2.29. The normalized spacial score (nSPS) is 17.4. The van der Waals surface area contributed by atoms with Crippen LogP contribution < -0.4 is 5.01 Å². The lowest BCUT2D eigenvalue weighted by Gasteiger charge is -2.11. The van der Waals surface area contributed by atoms with Gasteiger partial charge in [-0.25, -0.2) is 0 Å². The van der Waals surface area contributed by atoms with E-state index in [0.717, 1.165) is 0 Å². The van der Waals surface area contributed by atoms with Gasteiger partial charge in [0.25, 0.3) is 5.91 Å². The highest BCUT2D eigenvalue weighted by atomic mass is 35.5. The average molecular weight is 349 g/mol. The van der Waals surface area contributed by atoms with Crippen LogP contribution >= 0.6 is 23.2 Å². The van der Waals surface area contributed by atoms with E-state index < -0.39 is 6.04 Å². The summed E-state index contributed by atoms with van der Waals surface area (Å²) in [5.74, 6) is -0.588. The Labute approximate surface area is 141 Å². The van der Waals surface area contributed by atoms with Crippen LogP contribution in [0.15, 0.2) is 57.8 Å². The Morgan fingerprint density at radius 2 is 1.91 bits per heavy atom. The van der Waals surface area contributed by atoms with Crippen LogP contribution in [0.5, 0.6) is 5.75 Å². The van der Waals surface area contributed by atoms with Crippen molar-refractivity contribution < 1.29 is 9.90 Å². The zero-order valence-electron chi connectivity index (χ0n) is 11.6. The molecule has 0 aliphatic carbocycles. The molecule has 1 unspecified atom stereocenters. The maximum absolute atomic E-state index is 12.3. The molecule has 0 radical (unpaired) electrons. The van der Waals surface area contributed by atoms with Crippen molar-refractivity contribution in [3.05, 3.63) is 52.5 Å². The molecule has 1 amide bonds. The minimum absolute atomic E-state index is 0.0591. The number of nitrogens with zero attached hydrogens (tertiary/aromatic N) is 4. The Bertz CT molecular complexity index is 809. The number of amides is 1. The van der Waals surface area contributed by atoms with Gasteiger partial charge in [0.15, 0.2) is 11.8 Å². The molecule has 0 saturated heterocycles. The van der Waals surface area contributed by atoms with Crippen molar-refractivity contribution in [2.45, 2.75) is 6.04 Å². The smallest absolute Gasteiger partial charge is 0.279 e. The lowest BCUT2D eigenvalue weighted by Crippen LogP contribution is -2.28. The van der Waals surface area contributed by atoms with Gasteiger partial charge in [-0.05, 0) is 24.3 Å². The van der Waals surface area contributed by atoms with Gasteiger partial charge in [-0.2, -0.15) is 20.3 Å². The lowest BCUT2D eigenvalue weighted by atomic mass is 10.3. The third-order valence-electron chi connectivity index (χ3n) is 3.08. The molecule has 2 aromatic rings. The molecule has 1 atom stereocenters. The summed E-state index contributed by atoms with van der Waals surface area (Å²) in [6, 6.07) is 10.9. The number of para-hydroxylation sites is 1. The monoisotopic (exact) mass is 348 g/mol. The Morgan fingerprint density at radius 3 is 2.65 bits per heavy atom. The van der Waals surface area contributed by atoms with Gasteiger partial charge in [0, 0.05) is 5.02 Å². The van der Waals surface area contributed by atoms with Gasteiger partial charge in [-0.1, -0.05) is 41.4 Å². The zero-order valence-corrected chi connectivity index (χ0v) is 13.1. The highest BCUT2D eigenvalue weighted by molar-refractivity contribution is 6.36. The molecular formula is C15H10Cl2N4O2. The molecule has 1 heterocycles. The first kappa shape index (κ1) is 15.5. The van der Waals surface area contributed by atoms with Gasteiger partial charge in [0.2, 0.25) is 0 Å². The van der Waals surface area contributed by atoms with Crippen molar-refractivity contribution in [2.24, 2.45) is 15.3 Å². The van der Waals surface area contributed by atoms with E-state index in [1.807, 2.05) is 6.07 Å². The van der Waals surface area contributed by atoms with E-state index in [1.54, 1.807) is 24.3 Å². The molecule has 1 aliphatic rings. The van der Waals surface area contributed by atoms with E-state index in [1.165, 1.54) is 23.4 Å². The van der Waals surface area contributed by atoms with Crippen LogP contribution in [-0.4, -0.2) is 23.3 Å². The van der Waals surface area contributed by atoms with E-state index in [9.17, 15) is 9.90 Å². The van der Waals surface area contributed by atoms with Crippen molar-refractivity contribution in [1.29, 1.82) is 0 Å². The summed E-state index contributed by atoms with van der Waals surface area (Å²) in [6.07, 6.45) is 1.38. The second-order valence-electron chi connectivity index (χ2n) is 4.67. The Hall–Kier alpha value is -2.44. The number of phenolic OH excluding ortho intramolecular Hbond substituents is 1. The quantitative estimate of drug-likeness (QED) is 0.844. The number of hydrogen-bond acceptors (Lipinski definition) is 5. The molecule has 2 aromatic carbocycles. The largest absolute Gasteiger partial charge is 0.504 e. The van der Waals surface area contributed by atoms with Crippen molar-refractivity contribution in [3.8, 4) is 5.75 Å². The van der Waals surface area contributed by atoms with Crippen LogP contribution in [0, 0.1) is 0 Å². The van der Waals surface area contributed by atoms with Gasteiger partial charge < -0.3 is 5.11 Å². The number of benzene rings is 2. The summed E-state index contributed by atoms with van der Waals surface area (Å²) in [5, 5.41) is 23.2. The van der Waals surface area contributed by atoms with Gasteiger partial charge in [-0.15, -0.1) is 0 Å². The molecule has 1 aliphatic heterocycles. The van der Waals surface area contributed by atoms with Crippen molar-refractivity contribution in [2.75, 3.05) is 5.01 Å². The first-order chi connectivity index (χ1) is 11.1. The summed E-state index contributed by atoms with van der Waals surface area (Å²) in [5.41, 5.74) is 0.724. The molecule has 116 valence electrons. The summed E-state index contributed by atoms with van der Waals surface area (Å²) < 4.78 is 0. The fourth-order valence-corrected chi connectivity index (χ4v) is 2.45. The van der Waals surface area contributed by atoms with Crippen LogP contribution in [0.1, 0.15) is 0 Å². The van der Waals surface area contributed by atoms with Crippen molar-refractivity contribution in [3.63, 3.8) is 0 Å². The van der Waals surface area contributed by atoms with E-state index in [4.69, 9.17) is 23.2 Å². The van der Waals surface area contributed by atoms with Gasteiger partial charge in [0.1, 0.15) is 5.69 Å². The molecule has 0 spiro atoms. The zero-order chi connectivity index (χ0) is 16.4. The highest BCUT2D eigenvalue weighted by Crippen LogP contribution is 2.37. The first-order valence-corrected chi connectivity index (χ1v) is 7.34. The van der Waals surface area contributed by atoms with Crippen LogP contribution in [0.25, 0.3) is 0 Å². The number of hydrazone groups is 1. The molecule has 8 heteroatoms. The Morgan fingerprint density at radius 1 is 1.17 bits per heavy atom. The van der Waals surface area contributed by atoms with Crippen molar-refractivity contribution >= 4 is 46.7 Å². The number of hydrogen-bond donors (Lipinski definition) is 1. The van der Waals surface area contributed by atoms with Crippen LogP contribution in [0.3, 0.4) is 0 Å². The number of azo groups is 1. The molecule has 0 bridgehead atoms. The summed E-state index contributed by atoms with van der Waals surface area (Å²) >= 11 is 11.7. The van der Waals surface area contributed by atoms with Gasteiger partial charge >= 0.3 is 0 Å². The number of anilines is 1. The minimum Gasteiger partial charge on any atom is -0.504 e. The molecule has 3 rings (SSSR count). The summed E-state index contributed by atoms with van der Waals surface area (Å²) in [7, 11) is 0. The van der Waals surface area contributed by atoms with E-state index in [-0.39, 0.29) is 22.4 Å². The average Bonchev–Trinajstić information content (AvgIpc) is 2.91. The van der Waals surface area contributed by atoms with E-state index in [0.29, 0.717) is 10.7 Å². The number of phenols is 1. The fraction of sp³-hybridized carbons (Fsp3) is 0.0667. The molecule has 0 aromatic heterocycles. The van der Waals surface area contributed by atoms with Gasteiger partial charge in [0.05, 0.1) is 16.9 Å². The SMILES string of the molecule is O=C1C(N=Nc2cc(Cl)cc(Cl)c2O)C=NN1c1ccccc1. The second kappa shape index (κ2) is 6.36. The third-order valence-corrected chi connectivity index (χ3v) is 3.59. The Balaban J connectivity index is 1.80. The topological polar surface area (TPSA) is 77.6 Å². The molecule has 6 nitrogen and oxygen atoms in total. The molecule has 0 fully saturated rings. The second-order valence-corrected chi connectivity index (χ2v) is 5.51. The first-order valence-electron chi connectivity index (χ1n) is 6.58. The molecular weight excluding hydrogens is 339 g/mol. The standard InChI is InChI=1S/C15H10Cl2N4O2/c16-9-6-11(17)14(22)12(7-9)19-20-13-8-18-21(15(13)23)10-4-2-1-3-5-10/h1-8,13,22H. The molecule has 1 N–H and O–H groups in total. The molecule has 0 saturated carbocycles. The van der Waals surface area contributed by atoms with Crippen LogP contribution in [0.4, 0.5) is 11.4 Å². The summed E-state index contributed by atoms with van der Waals surface area (Å²) in [6.45, 7) is 0. The lowest BCUT2D eigenvalue weighted by molar-refractivity contribution is -0.117. The van der Waals surface area contributed by atoms with E-state index >= 15 is 0 Å². The molecule has 23 heavy (non-hydrogen) atoms. The third kappa shape index (κ3) is 3.18. The fourth-order valence-electron chi connectivity index (χ4n) is 1.97. The number of rotatable bonds is 3. The summed E-state index contributed by atoms with van der Waals surface area (Å²) in [4.78, 5) is 12.3. The van der Waals surface area contributed by atoms with Gasteiger partial charge in [-0.3, -0.25) is 4.79 Å². The van der Waals surface area contributed by atoms with Crippen molar-refractivity contribution in [1.82, 2.24) is 0 Å². The number of aromatic hydroxyl groups is 1. The van der Waals surface area contributed by atoms with Crippen LogP contribution in [-0.2, 0) is 4.79 Å².